The molecule has 0 amide bonds. The maximum absolute atomic E-state index is 10.5. The van der Waals surface area contributed by atoms with E-state index >= 15 is 0 Å². The molecule has 0 saturated carbocycles. The highest BCUT2D eigenvalue weighted by atomic mass is 32.2. The third-order valence-electron chi connectivity index (χ3n) is 5.13. The number of ether oxygens (including phenoxy) is 1. The third kappa shape index (κ3) is 6.15. The summed E-state index contributed by atoms with van der Waals surface area (Å²) in [6.07, 6.45) is 14.9. The fraction of sp³-hybridized carbons (Fsp3) is 0.842. The topological polar surface area (TPSA) is 46.5 Å². The lowest BCUT2D eigenvalue weighted by Crippen LogP contribution is -2.28. The molecule has 0 aromatic carbocycles. The molecule has 3 nitrogen and oxygen atoms in total. The van der Waals surface area contributed by atoms with Gasteiger partial charge in [0, 0.05) is 6.42 Å². The smallest absolute Gasteiger partial charge is 0.303 e. The van der Waals surface area contributed by atoms with E-state index < -0.39 is 5.97 Å². The number of rotatable bonds is 12. The standard InChI is InChI=1S/C19H32O3S/c1-2-3-8-13-23-14-16-15(17-11-12-18(16)22-17)9-6-4-5-7-10-19(20)21/h4,6,15-18H,2-3,5,7-14H2,1H3,(H,20,21)/b6-4-/t15-,16-,17-,18+/m1/s1. The lowest BCUT2D eigenvalue weighted by molar-refractivity contribution is -0.137. The number of hydrogen-bond donors (Lipinski definition) is 1. The van der Waals surface area contributed by atoms with Gasteiger partial charge in [0.15, 0.2) is 0 Å². The van der Waals surface area contributed by atoms with Gasteiger partial charge in [-0.15, -0.1) is 0 Å². The number of carboxylic acid groups (broad SMARTS) is 1. The molecular weight excluding hydrogens is 308 g/mol. The fourth-order valence-electron chi connectivity index (χ4n) is 3.84. The largest absolute Gasteiger partial charge is 0.481 e. The number of allylic oxidation sites excluding steroid dienone is 2. The van der Waals surface area contributed by atoms with Crippen molar-refractivity contribution < 1.29 is 14.6 Å². The molecule has 0 aliphatic carbocycles. The van der Waals surface area contributed by atoms with E-state index in [1.807, 2.05) is 0 Å². The summed E-state index contributed by atoms with van der Waals surface area (Å²) in [6, 6.07) is 0. The van der Waals surface area contributed by atoms with E-state index in [0.29, 0.717) is 18.1 Å². The van der Waals surface area contributed by atoms with Gasteiger partial charge < -0.3 is 9.84 Å². The molecule has 0 radical (unpaired) electrons. The SMILES string of the molecule is CCCCCSC[C@@H]1[C@@H](C/C=C\CCCC(=O)O)[C@H]2CC[C@@H]1O2. The Labute approximate surface area is 145 Å². The first kappa shape index (κ1) is 18.9. The number of thioether (sulfide) groups is 1. The normalized spacial score (nSPS) is 29.6. The van der Waals surface area contributed by atoms with E-state index in [0.717, 1.165) is 25.2 Å². The predicted octanol–water partition coefficient (Wildman–Crippen LogP) is 4.90. The average Bonchev–Trinajstić information content (AvgIpc) is 3.12. The molecular formula is C19H32O3S. The Kier molecular flexibility index (Phi) is 8.52. The molecule has 4 heteroatoms. The van der Waals surface area contributed by atoms with Crippen LogP contribution in [0.1, 0.15) is 64.7 Å². The van der Waals surface area contributed by atoms with Crippen LogP contribution in [0.5, 0.6) is 0 Å². The Hall–Kier alpha value is -0.480. The highest BCUT2D eigenvalue weighted by Gasteiger charge is 2.47. The van der Waals surface area contributed by atoms with Crippen LogP contribution in [0.4, 0.5) is 0 Å². The van der Waals surface area contributed by atoms with Gasteiger partial charge in [-0.3, -0.25) is 4.79 Å². The number of hydrogen-bond acceptors (Lipinski definition) is 3. The maximum atomic E-state index is 10.5. The molecule has 23 heavy (non-hydrogen) atoms. The van der Waals surface area contributed by atoms with Gasteiger partial charge in [0.25, 0.3) is 0 Å². The van der Waals surface area contributed by atoms with Crippen LogP contribution in [0, 0.1) is 11.8 Å². The van der Waals surface area contributed by atoms with E-state index in [1.54, 1.807) is 0 Å². The minimum absolute atomic E-state index is 0.276. The molecule has 0 aromatic rings. The van der Waals surface area contributed by atoms with Crippen LogP contribution in [0.15, 0.2) is 12.2 Å². The van der Waals surface area contributed by atoms with Crippen LogP contribution in [-0.4, -0.2) is 34.8 Å². The monoisotopic (exact) mass is 340 g/mol. The lowest BCUT2D eigenvalue weighted by Gasteiger charge is -2.27. The predicted molar refractivity (Wildman–Crippen MR) is 97.0 cm³/mol. The van der Waals surface area contributed by atoms with Gasteiger partial charge in [0.05, 0.1) is 12.2 Å². The summed E-state index contributed by atoms with van der Waals surface area (Å²) < 4.78 is 6.16. The molecule has 2 aliphatic heterocycles. The molecule has 2 aliphatic rings. The Morgan fingerprint density at radius 3 is 2.70 bits per heavy atom. The van der Waals surface area contributed by atoms with Crippen LogP contribution in [0.3, 0.4) is 0 Å². The lowest BCUT2D eigenvalue weighted by atomic mass is 9.78. The maximum Gasteiger partial charge on any atom is 0.303 e. The summed E-state index contributed by atoms with van der Waals surface area (Å²) >= 11 is 2.12. The van der Waals surface area contributed by atoms with E-state index in [-0.39, 0.29) is 6.42 Å². The highest BCUT2D eigenvalue weighted by molar-refractivity contribution is 7.99. The Balaban J connectivity index is 1.68. The molecule has 4 atom stereocenters. The van der Waals surface area contributed by atoms with Gasteiger partial charge in [-0.1, -0.05) is 31.9 Å². The average molecular weight is 341 g/mol. The summed E-state index contributed by atoms with van der Waals surface area (Å²) in [4.78, 5) is 10.5. The van der Waals surface area contributed by atoms with Crippen molar-refractivity contribution in [1.29, 1.82) is 0 Å². The van der Waals surface area contributed by atoms with Crippen molar-refractivity contribution >= 4 is 17.7 Å². The van der Waals surface area contributed by atoms with Crippen molar-refractivity contribution in [3.63, 3.8) is 0 Å². The zero-order valence-corrected chi connectivity index (χ0v) is 15.2. The van der Waals surface area contributed by atoms with E-state index in [4.69, 9.17) is 9.84 Å². The fourth-order valence-corrected chi connectivity index (χ4v) is 5.15. The van der Waals surface area contributed by atoms with Gasteiger partial charge in [0.2, 0.25) is 0 Å². The summed E-state index contributed by atoms with van der Waals surface area (Å²) in [7, 11) is 0. The summed E-state index contributed by atoms with van der Waals surface area (Å²) in [5.74, 6) is 3.26. The van der Waals surface area contributed by atoms with Crippen molar-refractivity contribution in [2.75, 3.05) is 11.5 Å². The number of fused-ring (bicyclic) bond motifs is 2. The molecule has 0 unspecified atom stereocenters. The van der Waals surface area contributed by atoms with Gasteiger partial charge >= 0.3 is 5.97 Å². The zero-order chi connectivity index (χ0) is 16.5. The molecule has 2 rings (SSSR count). The van der Waals surface area contributed by atoms with Gasteiger partial charge in [-0.2, -0.15) is 11.8 Å². The quantitative estimate of drug-likeness (QED) is 0.405. The van der Waals surface area contributed by atoms with Crippen LogP contribution in [0.25, 0.3) is 0 Å². The van der Waals surface area contributed by atoms with Crippen LogP contribution in [0.2, 0.25) is 0 Å². The summed E-state index contributed by atoms with van der Waals surface area (Å²) in [5, 5.41) is 8.64. The van der Waals surface area contributed by atoms with Crippen molar-refractivity contribution in [2.45, 2.75) is 76.9 Å². The summed E-state index contributed by atoms with van der Waals surface area (Å²) in [6.45, 7) is 2.26. The van der Waals surface area contributed by atoms with Crippen molar-refractivity contribution in [2.24, 2.45) is 11.8 Å². The molecule has 132 valence electrons. The van der Waals surface area contributed by atoms with Crippen molar-refractivity contribution in [3.05, 3.63) is 12.2 Å². The number of aliphatic carboxylic acids is 1. The molecule has 0 spiro atoms. The Bertz CT molecular complexity index is 383. The van der Waals surface area contributed by atoms with E-state index in [2.05, 4.69) is 30.8 Å². The molecule has 2 saturated heterocycles. The van der Waals surface area contributed by atoms with Crippen molar-refractivity contribution in [1.82, 2.24) is 0 Å². The molecule has 0 aromatic heterocycles. The van der Waals surface area contributed by atoms with Crippen LogP contribution in [-0.2, 0) is 9.53 Å². The highest BCUT2D eigenvalue weighted by Crippen LogP contribution is 2.46. The molecule has 1 N–H and O–H groups in total. The minimum atomic E-state index is -0.694. The van der Waals surface area contributed by atoms with Gasteiger partial charge in [0.1, 0.15) is 0 Å². The first-order valence-electron chi connectivity index (χ1n) is 9.32. The number of unbranched alkanes of at least 4 members (excludes halogenated alkanes) is 3. The number of carboxylic acids is 1. The second kappa shape index (κ2) is 10.4. The van der Waals surface area contributed by atoms with E-state index in [9.17, 15) is 4.79 Å². The van der Waals surface area contributed by atoms with Crippen LogP contribution >= 0.6 is 11.8 Å². The minimum Gasteiger partial charge on any atom is -0.481 e. The number of carbonyl (C=O) groups is 1. The van der Waals surface area contributed by atoms with Crippen molar-refractivity contribution in [3.8, 4) is 0 Å². The Morgan fingerprint density at radius 1 is 1.17 bits per heavy atom. The Morgan fingerprint density at radius 2 is 1.96 bits per heavy atom. The second-order valence-electron chi connectivity index (χ2n) is 6.89. The van der Waals surface area contributed by atoms with Gasteiger partial charge in [-0.25, -0.2) is 0 Å². The summed E-state index contributed by atoms with van der Waals surface area (Å²) in [5.41, 5.74) is 0. The van der Waals surface area contributed by atoms with Crippen LogP contribution < -0.4 is 0 Å². The second-order valence-corrected chi connectivity index (χ2v) is 8.04. The molecule has 2 fully saturated rings. The zero-order valence-electron chi connectivity index (χ0n) is 14.4. The van der Waals surface area contributed by atoms with E-state index in [1.165, 1.54) is 43.6 Å². The molecule has 2 bridgehead atoms. The first-order chi connectivity index (χ1) is 11.2. The van der Waals surface area contributed by atoms with Gasteiger partial charge in [-0.05, 0) is 61.9 Å². The first-order valence-corrected chi connectivity index (χ1v) is 10.5. The molecule has 2 heterocycles. The third-order valence-corrected chi connectivity index (χ3v) is 6.33.